The van der Waals surface area contributed by atoms with E-state index < -0.39 is 11.2 Å². The topological polar surface area (TPSA) is 58.2 Å². The lowest BCUT2D eigenvalue weighted by molar-refractivity contribution is -0.130. The standard InChI is InChI=1S/C15H19FN2O2/c1-4-9(2)17-14(20)15(3)8-13(19)18-12-7-10(16)5-6-11(12)15/h5-7,9H,4,8H2,1-3H3,(H,17,20)(H,18,19)/t9?,15-/m1/s1. The van der Waals surface area contributed by atoms with Crippen LogP contribution in [0.4, 0.5) is 10.1 Å². The molecule has 0 fully saturated rings. The number of hydrogen-bond acceptors (Lipinski definition) is 2. The molecule has 1 aliphatic heterocycles. The molecular weight excluding hydrogens is 259 g/mol. The predicted molar refractivity (Wildman–Crippen MR) is 74.9 cm³/mol. The molecule has 0 saturated heterocycles. The van der Waals surface area contributed by atoms with Gasteiger partial charge in [0.1, 0.15) is 5.82 Å². The van der Waals surface area contributed by atoms with Gasteiger partial charge in [0.25, 0.3) is 0 Å². The third-order valence-electron chi connectivity index (χ3n) is 3.86. The van der Waals surface area contributed by atoms with Crippen LogP contribution in [0.25, 0.3) is 0 Å². The second kappa shape index (κ2) is 5.23. The van der Waals surface area contributed by atoms with E-state index in [-0.39, 0.29) is 24.3 Å². The van der Waals surface area contributed by atoms with Crippen LogP contribution in [0.5, 0.6) is 0 Å². The molecule has 2 rings (SSSR count). The number of halogens is 1. The monoisotopic (exact) mass is 278 g/mol. The zero-order valence-electron chi connectivity index (χ0n) is 11.9. The lowest BCUT2D eigenvalue weighted by Gasteiger charge is -2.35. The van der Waals surface area contributed by atoms with Gasteiger partial charge in [-0.15, -0.1) is 0 Å². The van der Waals surface area contributed by atoms with Crippen LogP contribution in [0.15, 0.2) is 18.2 Å². The molecule has 4 nitrogen and oxygen atoms in total. The Kier molecular flexibility index (Phi) is 3.79. The van der Waals surface area contributed by atoms with Crippen LogP contribution in [0.2, 0.25) is 0 Å². The average Bonchev–Trinajstić information content (AvgIpc) is 2.37. The Labute approximate surface area is 117 Å². The summed E-state index contributed by atoms with van der Waals surface area (Å²) in [6.45, 7) is 5.61. The van der Waals surface area contributed by atoms with E-state index in [4.69, 9.17) is 0 Å². The molecule has 0 radical (unpaired) electrons. The second-order valence-electron chi connectivity index (χ2n) is 5.53. The van der Waals surface area contributed by atoms with Crippen molar-refractivity contribution in [3.63, 3.8) is 0 Å². The van der Waals surface area contributed by atoms with E-state index >= 15 is 0 Å². The molecule has 0 aliphatic carbocycles. The van der Waals surface area contributed by atoms with Gasteiger partial charge in [-0.3, -0.25) is 9.59 Å². The number of fused-ring (bicyclic) bond motifs is 1. The fourth-order valence-corrected chi connectivity index (χ4v) is 2.40. The molecule has 0 aromatic heterocycles. The highest BCUT2D eigenvalue weighted by Gasteiger charge is 2.42. The summed E-state index contributed by atoms with van der Waals surface area (Å²) in [5.41, 5.74) is 0.0665. The first kappa shape index (κ1) is 14.5. The molecule has 20 heavy (non-hydrogen) atoms. The lowest BCUT2D eigenvalue weighted by Crippen LogP contribution is -2.49. The first-order valence-electron chi connectivity index (χ1n) is 6.77. The summed E-state index contributed by atoms with van der Waals surface area (Å²) >= 11 is 0. The van der Waals surface area contributed by atoms with E-state index in [1.807, 2.05) is 13.8 Å². The Morgan fingerprint density at radius 3 is 2.90 bits per heavy atom. The van der Waals surface area contributed by atoms with E-state index in [1.165, 1.54) is 12.1 Å². The van der Waals surface area contributed by atoms with Gasteiger partial charge in [0.15, 0.2) is 0 Å². The molecule has 0 saturated carbocycles. The van der Waals surface area contributed by atoms with Gasteiger partial charge >= 0.3 is 0 Å². The molecule has 2 amide bonds. The average molecular weight is 278 g/mol. The minimum absolute atomic E-state index is 0.0354. The van der Waals surface area contributed by atoms with Crippen LogP contribution < -0.4 is 10.6 Å². The molecule has 5 heteroatoms. The molecular formula is C15H19FN2O2. The number of carbonyl (C=O) groups excluding carboxylic acids is 2. The third-order valence-corrected chi connectivity index (χ3v) is 3.86. The van der Waals surface area contributed by atoms with E-state index in [0.29, 0.717) is 11.3 Å². The molecule has 2 atom stereocenters. The molecule has 0 bridgehead atoms. The van der Waals surface area contributed by atoms with Gasteiger partial charge in [0.2, 0.25) is 11.8 Å². The van der Waals surface area contributed by atoms with Crippen molar-refractivity contribution < 1.29 is 14.0 Å². The second-order valence-corrected chi connectivity index (χ2v) is 5.53. The Hall–Kier alpha value is -1.91. The SMILES string of the molecule is CCC(C)NC(=O)[C@]1(C)CC(=O)Nc2cc(F)ccc21. The maximum absolute atomic E-state index is 13.3. The van der Waals surface area contributed by atoms with Crippen LogP contribution in [0, 0.1) is 5.82 Å². The van der Waals surface area contributed by atoms with E-state index in [2.05, 4.69) is 10.6 Å². The zero-order valence-corrected chi connectivity index (χ0v) is 11.9. The van der Waals surface area contributed by atoms with Gasteiger partial charge < -0.3 is 10.6 Å². The molecule has 1 aliphatic rings. The third kappa shape index (κ3) is 2.53. The normalized spacial score (nSPS) is 22.7. The van der Waals surface area contributed by atoms with Crippen molar-refractivity contribution in [3.05, 3.63) is 29.6 Å². The smallest absolute Gasteiger partial charge is 0.231 e. The number of hydrogen-bond donors (Lipinski definition) is 2. The fourth-order valence-electron chi connectivity index (χ4n) is 2.40. The number of anilines is 1. The van der Waals surface area contributed by atoms with Crippen LogP contribution in [-0.2, 0) is 15.0 Å². The summed E-state index contributed by atoms with van der Waals surface area (Å²) in [6, 6.07) is 4.17. The molecule has 1 aromatic carbocycles. The van der Waals surface area contributed by atoms with Gasteiger partial charge in [0, 0.05) is 18.2 Å². The van der Waals surface area contributed by atoms with Crippen molar-refractivity contribution in [2.24, 2.45) is 0 Å². The van der Waals surface area contributed by atoms with Gasteiger partial charge in [-0.25, -0.2) is 4.39 Å². The van der Waals surface area contributed by atoms with Crippen molar-refractivity contribution in [1.29, 1.82) is 0 Å². The zero-order chi connectivity index (χ0) is 14.9. The molecule has 0 spiro atoms. The number of benzene rings is 1. The van der Waals surface area contributed by atoms with Crippen molar-refractivity contribution in [3.8, 4) is 0 Å². The number of nitrogens with one attached hydrogen (secondary N) is 2. The van der Waals surface area contributed by atoms with Crippen molar-refractivity contribution in [2.45, 2.75) is 45.1 Å². The van der Waals surface area contributed by atoms with E-state index in [1.54, 1.807) is 13.0 Å². The quantitative estimate of drug-likeness (QED) is 0.891. The Morgan fingerprint density at radius 1 is 1.55 bits per heavy atom. The van der Waals surface area contributed by atoms with E-state index in [9.17, 15) is 14.0 Å². The summed E-state index contributed by atoms with van der Waals surface area (Å²) in [6.07, 6.45) is 0.873. The van der Waals surface area contributed by atoms with Crippen LogP contribution in [0.3, 0.4) is 0 Å². The van der Waals surface area contributed by atoms with Crippen molar-refractivity contribution in [2.75, 3.05) is 5.32 Å². The minimum Gasteiger partial charge on any atom is -0.353 e. The first-order valence-corrected chi connectivity index (χ1v) is 6.77. The Morgan fingerprint density at radius 2 is 2.25 bits per heavy atom. The van der Waals surface area contributed by atoms with Gasteiger partial charge in [-0.1, -0.05) is 13.0 Å². The molecule has 1 aromatic rings. The van der Waals surface area contributed by atoms with Gasteiger partial charge in [0.05, 0.1) is 5.41 Å². The predicted octanol–water partition coefficient (Wildman–Crippen LogP) is 2.34. The summed E-state index contributed by atoms with van der Waals surface area (Å²) in [5.74, 6) is -0.907. The van der Waals surface area contributed by atoms with Crippen LogP contribution >= 0.6 is 0 Å². The van der Waals surface area contributed by atoms with Crippen molar-refractivity contribution >= 4 is 17.5 Å². The van der Waals surface area contributed by atoms with Gasteiger partial charge in [-0.2, -0.15) is 0 Å². The minimum atomic E-state index is -0.963. The highest BCUT2D eigenvalue weighted by atomic mass is 19.1. The van der Waals surface area contributed by atoms with Crippen molar-refractivity contribution in [1.82, 2.24) is 5.32 Å². The molecule has 1 unspecified atom stereocenters. The largest absolute Gasteiger partial charge is 0.353 e. The Bertz CT molecular complexity index is 559. The Balaban J connectivity index is 2.41. The maximum Gasteiger partial charge on any atom is 0.231 e. The fraction of sp³-hybridized carbons (Fsp3) is 0.467. The number of rotatable bonds is 3. The van der Waals surface area contributed by atoms with E-state index in [0.717, 1.165) is 6.42 Å². The summed E-state index contributed by atoms with van der Waals surface area (Å²) in [5, 5.41) is 5.52. The number of amides is 2. The van der Waals surface area contributed by atoms with Gasteiger partial charge in [-0.05, 0) is 38.0 Å². The summed E-state index contributed by atoms with van der Waals surface area (Å²) in [4.78, 5) is 24.3. The molecule has 108 valence electrons. The highest BCUT2D eigenvalue weighted by molar-refractivity contribution is 6.03. The number of carbonyl (C=O) groups is 2. The summed E-state index contributed by atoms with van der Waals surface area (Å²) in [7, 11) is 0. The maximum atomic E-state index is 13.3. The van der Waals surface area contributed by atoms with Crippen LogP contribution in [0.1, 0.15) is 39.2 Å². The molecule has 2 N–H and O–H groups in total. The highest BCUT2D eigenvalue weighted by Crippen LogP contribution is 2.38. The van der Waals surface area contributed by atoms with Crippen LogP contribution in [-0.4, -0.2) is 17.9 Å². The lowest BCUT2D eigenvalue weighted by atomic mass is 9.75. The first-order chi connectivity index (χ1) is 9.36. The summed E-state index contributed by atoms with van der Waals surface area (Å²) < 4.78 is 13.3. The molecule has 1 heterocycles.